The van der Waals surface area contributed by atoms with Crippen LogP contribution in [0.4, 0.5) is 4.39 Å². The van der Waals surface area contributed by atoms with Gasteiger partial charge >= 0.3 is 5.69 Å². The third-order valence-electron chi connectivity index (χ3n) is 7.52. The number of halogens is 1. The molecule has 2 aromatic carbocycles. The van der Waals surface area contributed by atoms with Gasteiger partial charge in [-0.2, -0.15) is 0 Å². The minimum atomic E-state index is -0.00785. The Bertz CT molecular complexity index is 1140. The predicted octanol–water partition coefficient (Wildman–Crippen LogP) is 4.67. The maximum atomic E-state index is 14.3. The molecule has 0 spiro atoms. The fraction of sp³-hybridized carbons (Fsp3) is 0.458. The minimum Gasteiger partial charge on any atom is -0.306 e. The van der Waals surface area contributed by atoms with Crippen molar-refractivity contribution < 1.29 is 4.39 Å². The molecule has 0 radical (unpaired) electrons. The van der Waals surface area contributed by atoms with Crippen LogP contribution < -0.4 is 5.69 Å². The summed E-state index contributed by atoms with van der Waals surface area (Å²) >= 11 is 0. The Balaban J connectivity index is 1.26. The first-order valence-corrected chi connectivity index (χ1v) is 10.9. The van der Waals surface area contributed by atoms with Gasteiger partial charge in [0.25, 0.3) is 0 Å². The van der Waals surface area contributed by atoms with Crippen LogP contribution in [-0.4, -0.2) is 27.5 Å². The minimum absolute atomic E-state index is 0.00179. The lowest BCUT2D eigenvalue weighted by Crippen LogP contribution is -2.38. The van der Waals surface area contributed by atoms with Crippen LogP contribution in [0.25, 0.3) is 11.0 Å². The third-order valence-corrected chi connectivity index (χ3v) is 7.52. The molecule has 4 nitrogen and oxygen atoms in total. The molecule has 0 saturated carbocycles. The van der Waals surface area contributed by atoms with Crippen molar-refractivity contribution in [2.75, 3.05) is 13.1 Å². The largest absolute Gasteiger partial charge is 0.326 e. The molecule has 3 aromatic rings. The normalized spacial score (nSPS) is 24.9. The van der Waals surface area contributed by atoms with Crippen molar-refractivity contribution in [2.24, 2.45) is 0 Å². The maximum Gasteiger partial charge on any atom is 0.326 e. The van der Waals surface area contributed by atoms with E-state index < -0.39 is 0 Å². The summed E-state index contributed by atoms with van der Waals surface area (Å²) < 4.78 is 16.3. The summed E-state index contributed by atoms with van der Waals surface area (Å²) in [5, 5.41) is 0. The Morgan fingerprint density at radius 1 is 1.03 bits per heavy atom. The highest BCUT2D eigenvalue weighted by molar-refractivity contribution is 5.75. The van der Waals surface area contributed by atoms with Gasteiger partial charge in [0.2, 0.25) is 0 Å². The average molecular weight is 391 g/mol. The fourth-order valence-electron chi connectivity index (χ4n) is 6.22. The number of nitrogens with zero attached hydrogens (tertiary/aromatic N) is 2. The molecule has 1 N–H and O–H groups in total. The molecule has 1 aliphatic heterocycles. The van der Waals surface area contributed by atoms with Crippen LogP contribution in [0.1, 0.15) is 66.8 Å². The number of aromatic amines is 1. The monoisotopic (exact) mass is 391 g/mol. The van der Waals surface area contributed by atoms with Gasteiger partial charge in [0.15, 0.2) is 0 Å². The van der Waals surface area contributed by atoms with Gasteiger partial charge in [-0.25, -0.2) is 9.18 Å². The SMILES string of the molecule is O=c1[nH]c2ccccc2n1C1CCN(C2CC3CCCc4c(F)ccc2c43)CC1. The van der Waals surface area contributed by atoms with E-state index in [2.05, 4.69) is 9.88 Å². The standard InChI is InChI=1S/C24H26FN3O/c25-19-9-8-18-22(14-15-4-3-5-17(19)23(15)18)27-12-10-16(11-13-27)28-21-7-2-1-6-20(21)26-24(28)29/h1-2,6-9,15-16,22H,3-5,10-14H2,(H,26,29). The van der Waals surface area contributed by atoms with E-state index in [1.807, 2.05) is 34.9 Å². The number of para-hydroxylation sites is 2. The third kappa shape index (κ3) is 2.63. The first kappa shape index (κ1) is 17.5. The summed E-state index contributed by atoms with van der Waals surface area (Å²) in [7, 11) is 0. The second kappa shape index (κ2) is 6.56. The number of imidazole rings is 1. The molecule has 29 heavy (non-hydrogen) atoms. The van der Waals surface area contributed by atoms with E-state index in [0.29, 0.717) is 12.0 Å². The Morgan fingerprint density at radius 2 is 1.86 bits per heavy atom. The van der Waals surface area contributed by atoms with E-state index in [1.165, 1.54) is 17.5 Å². The number of likely N-dealkylation sites (tertiary alicyclic amines) is 1. The lowest BCUT2D eigenvalue weighted by Gasteiger charge is -2.37. The second-order valence-corrected chi connectivity index (χ2v) is 8.95. The van der Waals surface area contributed by atoms with Gasteiger partial charge in [-0.1, -0.05) is 18.2 Å². The van der Waals surface area contributed by atoms with Gasteiger partial charge in [0, 0.05) is 25.2 Å². The van der Waals surface area contributed by atoms with Crippen LogP contribution in [0.15, 0.2) is 41.2 Å². The highest BCUT2D eigenvalue weighted by Crippen LogP contribution is 2.50. The quantitative estimate of drug-likeness (QED) is 0.690. The van der Waals surface area contributed by atoms with E-state index >= 15 is 0 Å². The van der Waals surface area contributed by atoms with E-state index in [9.17, 15) is 9.18 Å². The molecule has 1 aromatic heterocycles. The Hall–Kier alpha value is -2.40. The number of fused-ring (bicyclic) bond motifs is 1. The Morgan fingerprint density at radius 3 is 2.72 bits per heavy atom. The molecule has 2 heterocycles. The molecule has 150 valence electrons. The molecule has 0 bridgehead atoms. The number of hydrogen-bond acceptors (Lipinski definition) is 2. The molecule has 1 fully saturated rings. The van der Waals surface area contributed by atoms with Crippen molar-refractivity contribution in [3.8, 4) is 0 Å². The zero-order valence-corrected chi connectivity index (χ0v) is 16.5. The van der Waals surface area contributed by atoms with Crippen molar-refractivity contribution in [1.29, 1.82) is 0 Å². The molecule has 5 heteroatoms. The van der Waals surface area contributed by atoms with E-state index in [4.69, 9.17) is 0 Å². The molecular formula is C24H26FN3O. The highest BCUT2D eigenvalue weighted by atomic mass is 19.1. The molecule has 3 aliphatic rings. The first-order chi connectivity index (χ1) is 14.2. The Labute approximate surface area is 169 Å². The van der Waals surface area contributed by atoms with E-state index in [1.54, 1.807) is 6.07 Å². The van der Waals surface area contributed by atoms with Crippen LogP contribution in [0.5, 0.6) is 0 Å². The number of aromatic nitrogens is 2. The van der Waals surface area contributed by atoms with Crippen molar-refractivity contribution >= 4 is 11.0 Å². The number of H-pyrrole nitrogens is 1. The lowest BCUT2D eigenvalue weighted by molar-refractivity contribution is 0.131. The molecule has 6 rings (SSSR count). The van der Waals surface area contributed by atoms with Crippen LogP contribution in [0.2, 0.25) is 0 Å². The summed E-state index contributed by atoms with van der Waals surface area (Å²) in [6.45, 7) is 1.97. The number of rotatable bonds is 2. The number of hydrogen-bond donors (Lipinski definition) is 1. The molecule has 2 aliphatic carbocycles. The van der Waals surface area contributed by atoms with E-state index in [-0.39, 0.29) is 17.5 Å². The summed E-state index contributed by atoms with van der Waals surface area (Å²) in [6.07, 6.45) is 6.28. The smallest absolute Gasteiger partial charge is 0.306 e. The number of piperidine rings is 1. The van der Waals surface area contributed by atoms with Gasteiger partial charge in [-0.05, 0) is 79.3 Å². The summed E-state index contributed by atoms with van der Waals surface area (Å²) in [6, 6.07) is 12.3. The maximum absolute atomic E-state index is 14.3. The summed E-state index contributed by atoms with van der Waals surface area (Å²) in [5.41, 5.74) is 5.61. The van der Waals surface area contributed by atoms with Crippen molar-refractivity contribution in [2.45, 2.75) is 56.5 Å². The predicted molar refractivity (Wildman–Crippen MR) is 112 cm³/mol. The zero-order chi connectivity index (χ0) is 19.5. The van der Waals surface area contributed by atoms with Crippen LogP contribution in [0, 0.1) is 5.82 Å². The van der Waals surface area contributed by atoms with Gasteiger partial charge in [0.1, 0.15) is 5.82 Å². The number of benzene rings is 2. The molecular weight excluding hydrogens is 365 g/mol. The van der Waals surface area contributed by atoms with Crippen LogP contribution in [0.3, 0.4) is 0 Å². The molecule has 1 saturated heterocycles. The van der Waals surface area contributed by atoms with Gasteiger partial charge < -0.3 is 4.98 Å². The lowest BCUT2D eigenvalue weighted by atomic mass is 9.84. The van der Waals surface area contributed by atoms with Gasteiger partial charge in [-0.3, -0.25) is 9.47 Å². The van der Waals surface area contributed by atoms with Gasteiger partial charge in [0.05, 0.1) is 11.0 Å². The fourth-order valence-corrected chi connectivity index (χ4v) is 6.22. The summed E-state index contributed by atoms with van der Waals surface area (Å²) in [5.74, 6) is 0.523. The molecule has 0 amide bonds. The van der Waals surface area contributed by atoms with E-state index in [0.717, 1.165) is 61.8 Å². The molecule has 2 atom stereocenters. The topological polar surface area (TPSA) is 41.0 Å². The first-order valence-electron chi connectivity index (χ1n) is 10.9. The Kier molecular flexibility index (Phi) is 3.95. The van der Waals surface area contributed by atoms with Gasteiger partial charge in [-0.15, -0.1) is 0 Å². The van der Waals surface area contributed by atoms with Crippen molar-refractivity contribution in [3.63, 3.8) is 0 Å². The number of nitrogens with one attached hydrogen (secondary N) is 1. The van der Waals surface area contributed by atoms with Crippen molar-refractivity contribution in [3.05, 3.63) is 69.4 Å². The average Bonchev–Trinajstić information content (AvgIpc) is 3.29. The van der Waals surface area contributed by atoms with Crippen molar-refractivity contribution in [1.82, 2.24) is 14.5 Å². The zero-order valence-electron chi connectivity index (χ0n) is 16.5. The van der Waals surface area contributed by atoms with Crippen LogP contribution >= 0.6 is 0 Å². The second-order valence-electron chi connectivity index (χ2n) is 8.95. The van der Waals surface area contributed by atoms with Crippen LogP contribution in [-0.2, 0) is 6.42 Å². The highest BCUT2D eigenvalue weighted by Gasteiger charge is 2.39. The summed E-state index contributed by atoms with van der Waals surface area (Å²) in [4.78, 5) is 18.1. The molecule has 2 unspecified atom stereocenters.